The molecule has 2 rings (SSSR count). The van der Waals surface area contributed by atoms with Gasteiger partial charge in [-0.25, -0.2) is 4.98 Å². The molecule has 3 nitrogen and oxygen atoms in total. The van der Waals surface area contributed by atoms with E-state index in [1.165, 1.54) is 41.5 Å². The highest BCUT2D eigenvalue weighted by molar-refractivity contribution is 7.11. The van der Waals surface area contributed by atoms with Gasteiger partial charge in [0.25, 0.3) is 0 Å². The SMILES string of the molecule is Cc1nc(C)c(C(C)NCC(C(C)C)N2CCCC2)s1. The summed E-state index contributed by atoms with van der Waals surface area (Å²) in [6, 6.07) is 1.07. The summed E-state index contributed by atoms with van der Waals surface area (Å²) < 4.78 is 0. The number of thiazole rings is 1. The fourth-order valence-electron chi connectivity index (χ4n) is 3.20. The molecule has 2 atom stereocenters. The van der Waals surface area contributed by atoms with Crippen molar-refractivity contribution >= 4 is 11.3 Å². The third kappa shape index (κ3) is 3.80. The van der Waals surface area contributed by atoms with Crippen LogP contribution < -0.4 is 5.32 Å². The van der Waals surface area contributed by atoms with E-state index < -0.39 is 0 Å². The molecular weight excluding hydrogens is 266 g/mol. The van der Waals surface area contributed by atoms with Gasteiger partial charge in [-0.3, -0.25) is 4.90 Å². The van der Waals surface area contributed by atoms with Crippen molar-refractivity contribution in [1.29, 1.82) is 0 Å². The second kappa shape index (κ2) is 7.01. The van der Waals surface area contributed by atoms with Crippen molar-refractivity contribution in [3.63, 3.8) is 0 Å². The molecule has 2 heterocycles. The molecule has 0 aliphatic carbocycles. The molecule has 1 aliphatic heterocycles. The fraction of sp³-hybridized carbons (Fsp3) is 0.812. The molecule has 4 heteroatoms. The van der Waals surface area contributed by atoms with E-state index in [0.717, 1.165) is 6.54 Å². The Balaban J connectivity index is 1.93. The van der Waals surface area contributed by atoms with Crippen LogP contribution in [-0.2, 0) is 0 Å². The molecule has 2 unspecified atom stereocenters. The molecule has 0 saturated carbocycles. The standard InChI is InChI=1S/C16H29N3S/c1-11(2)15(19-8-6-7-9-19)10-17-12(3)16-13(4)18-14(5)20-16/h11-12,15,17H,6-10H2,1-5H3. The van der Waals surface area contributed by atoms with Gasteiger partial charge in [0.15, 0.2) is 0 Å². The molecular formula is C16H29N3S. The van der Waals surface area contributed by atoms with E-state index >= 15 is 0 Å². The minimum atomic E-state index is 0.407. The molecule has 1 saturated heterocycles. The van der Waals surface area contributed by atoms with Gasteiger partial charge in [0.1, 0.15) is 0 Å². The molecule has 0 aromatic carbocycles. The maximum Gasteiger partial charge on any atom is 0.0900 e. The number of aryl methyl sites for hydroxylation is 2. The first-order chi connectivity index (χ1) is 9.49. The predicted octanol–water partition coefficient (Wildman–Crippen LogP) is 3.53. The van der Waals surface area contributed by atoms with Crippen molar-refractivity contribution in [2.75, 3.05) is 19.6 Å². The van der Waals surface area contributed by atoms with Gasteiger partial charge in [-0.15, -0.1) is 11.3 Å². The van der Waals surface area contributed by atoms with Crippen LogP contribution >= 0.6 is 11.3 Å². The monoisotopic (exact) mass is 295 g/mol. The summed E-state index contributed by atoms with van der Waals surface area (Å²) in [6.45, 7) is 14.8. The van der Waals surface area contributed by atoms with E-state index in [9.17, 15) is 0 Å². The summed E-state index contributed by atoms with van der Waals surface area (Å²) in [7, 11) is 0. The third-order valence-corrected chi connectivity index (χ3v) is 5.60. The first-order valence-electron chi connectivity index (χ1n) is 7.90. The Morgan fingerprint density at radius 1 is 1.20 bits per heavy atom. The van der Waals surface area contributed by atoms with Crippen molar-refractivity contribution < 1.29 is 0 Å². The van der Waals surface area contributed by atoms with Crippen LogP contribution in [0.5, 0.6) is 0 Å². The van der Waals surface area contributed by atoms with Crippen molar-refractivity contribution in [3.05, 3.63) is 15.6 Å². The number of hydrogen-bond acceptors (Lipinski definition) is 4. The Labute approximate surface area is 127 Å². The quantitative estimate of drug-likeness (QED) is 0.870. The van der Waals surface area contributed by atoms with Crippen LogP contribution in [0.25, 0.3) is 0 Å². The zero-order chi connectivity index (χ0) is 14.7. The van der Waals surface area contributed by atoms with Crippen LogP contribution in [0.1, 0.15) is 55.2 Å². The van der Waals surface area contributed by atoms with Crippen molar-refractivity contribution in [2.24, 2.45) is 5.92 Å². The molecule has 1 aromatic rings. The van der Waals surface area contributed by atoms with Gasteiger partial charge in [0.2, 0.25) is 0 Å². The Bertz CT molecular complexity index is 421. The highest BCUT2D eigenvalue weighted by Crippen LogP contribution is 2.25. The number of rotatable bonds is 6. The van der Waals surface area contributed by atoms with Crippen molar-refractivity contribution in [1.82, 2.24) is 15.2 Å². The summed E-state index contributed by atoms with van der Waals surface area (Å²) in [4.78, 5) is 8.60. The van der Waals surface area contributed by atoms with Gasteiger partial charge >= 0.3 is 0 Å². The maximum atomic E-state index is 4.54. The molecule has 1 aliphatic rings. The Kier molecular flexibility index (Phi) is 5.58. The number of nitrogens with one attached hydrogen (secondary N) is 1. The third-order valence-electron chi connectivity index (χ3n) is 4.35. The van der Waals surface area contributed by atoms with E-state index in [1.54, 1.807) is 0 Å². The fourth-order valence-corrected chi connectivity index (χ4v) is 4.15. The summed E-state index contributed by atoms with van der Waals surface area (Å²) in [5.41, 5.74) is 1.19. The Morgan fingerprint density at radius 3 is 2.35 bits per heavy atom. The molecule has 20 heavy (non-hydrogen) atoms. The van der Waals surface area contributed by atoms with Crippen molar-refractivity contribution in [2.45, 2.75) is 59.5 Å². The summed E-state index contributed by atoms with van der Waals surface area (Å²) in [6.07, 6.45) is 2.73. The highest BCUT2D eigenvalue weighted by Gasteiger charge is 2.25. The maximum absolute atomic E-state index is 4.54. The number of aromatic nitrogens is 1. The first-order valence-corrected chi connectivity index (χ1v) is 8.72. The van der Waals surface area contributed by atoms with Crippen molar-refractivity contribution in [3.8, 4) is 0 Å². The van der Waals surface area contributed by atoms with E-state index in [1.807, 2.05) is 11.3 Å². The molecule has 114 valence electrons. The summed E-state index contributed by atoms with van der Waals surface area (Å²) in [5, 5.41) is 4.91. The Morgan fingerprint density at radius 2 is 1.85 bits per heavy atom. The van der Waals surface area contributed by atoms with Crippen LogP contribution in [0, 0.1) is 19.8 Å². The van der Waals surface area contributed by atoms with Crippen LogP contribution in [0.4, 0.5) is 0 Å². The van der Waals surface area contributed by atoms with Crippen LogP contribution in [-0.4, -0.2) is 35.6 Å². The predicted molar refractivity (Wildman–Crippen MR) is 87.4 cm³/mol. The Hall–Kier alpha value is -0.450. The summed E-state index contributed by atoms with van der Waals surface area (Å²) >= 11 is 1.83. The van der Waals surface area contributed by atoms with Gasteiger partial charge in [-0.05, 0) is 52.6 Å². The van der Waals surface area contributed by atoms with E-state index in [2.05, 4.69) is 49.8 Å². The smallest absolute Gasteiger partial charge is 0.0900 e. The van der Waals surface area contributed by atoms with E-state index in [-0.39, 0.29) is 0 Å². The highest BCUT2D eigenvalue weighted by atomic mass is 32.1. The molecule has 1 fully saturated rings. The molecule has 1 aromatic heterocycles. The average molecular weight is 295 g/mol. The molecule has 0 spiro atoms. The number of likely N-dealkylation sites (tertiary alicyclic amines) is 1. The lowest BCUT2D eigenvalue weighted by atomic mass is 10.0. The van der Waals surface area contributed by atoms with Crippen LogP contribution in [0.2, 0.25) is 0 Å². The number of hydrogen-bond donors (Lipinski definition) is 1. The number of nitrogens with zero attached hydrogens (tertiary/aromatic N) is 2. The van der Waals surface area contributed by atoms with Crippen LogP contribution in [0.3, 0.4) is 0 Å². The molecule has 1 N–H and O–H groups in total. The topological polar surface area (TPSA) is 28.2 Å². The van der Waals surface area contributed by atoms with E-state index in [4.69, 9.17) is 0 Å². The second-order valence-corrected chi connectivity index (χ2v) is 7.60. The average Bonchev–Trinajstić information content (AvgIpc) is 2.99. The molecule has 0 radical (unpaired) electrons. The lowest BCUT2D eigenvalue weighted by molar-refractivity contribution is 0.183. The molecule has 0 amide bonds. The lowest BCUT2D eigenvalue weighted by Crippen LogP contribution is -2.44. The first kappa shape index (κ1) is 15.9. The minimum Gasteiger partial charge on any atom is -0.308 e. The minimum absolute atomic E-state index is 0.407. The van der Waals surface area contributed by atoms with Gasteiger partial charge in [-0.1, -0.05) is 13.8 Å². The lowest BCUT2D eigenvalue weighted by Gasteiger charge is -2.32. The van der Waals surface area contributed by atoms with Gasteiger partial charge in [-0.2, -0.15) is 0 Å². The van der Waals surface area contributed by atoms with Gasteiger partial charge < -0.3 is 5.32 Å². The molecule has 0 bridgehead atoms. The van der Waals surface area contributed by atoms with Gasteiger partial charge in [0, 0.05) is 23.5 Å². The summed E-state index contributed by atoms with van der Waals surface area (Å²) in [5.74, 6) is 0.706. The van der Waals surface area contributed by atoms with E-state index in [0.29, 0.717) is 18.0 Å². The second-order valence-electron chi connectivity index (χ2n) is 6.37. The zero-order valence-corrected chi connectivity index (χ0v) is 14.4. The zero-order valence-electron chi connectivity index (χ0n) is 13.6. The normalized spacial score (nSPS) is 19.7. The van der Waals surface area contributed by atoms with Crippen LogP contribution in [0.15, 0.2) is 0 Å². The van der Waals surface area contributed by atoms with Gasteiger partial charge in [0.05, 0.1) is 10.7 Å². The largest absolute Gasteiger partial charge is 0.308 e.